The van der Waals surface area contributed by atoms with E-state index in [1.54, 1.807) is 6.20 Å². The van der Waals surface area contributed by atoms with E-state index in [0.717, 1.165) is 5.56 Å². The third kappa shape index (κ3) is 6.38. The minimum Gasteiger partial charge on any atom is -0.394 e. The molecule has 53 valence electrons. The van der Waals surface area contributed by atoms with Gasteiger partial charge in [-0.05, 0) is 0 Å². The molecule has 1 radical (unpaired) electrons. The van der Waals surface area contributed by atoms with Crippen LogP contribution in [0.25, 0.3) is 0 Å². The zero-order chi connectivity index (χ0) is 7.11. The Morgan fingerprint density at radius 2 is 2.00 bits per heavy atom. The summed E-state index contributed by atoms with van der Waals surface area (Å²) in [4.78, 5) is 3.76. The second-order valence-electron chi connectivity index (χ2n) is 1.43. The van der Waals surface area contributed by atoms with E-state index in [0.29, 0.717) is 0 Å². The summed E-state index contributed by atoms with van der Waals surface area (Å²) in [7, 11) is 0. The molecule has 1 nitrogen and oxygen atoms in total. The number of hydrogen-bond donors (Lipinski definition) is 0. The number of aromatic nitrogens is 1. The molecule has 10 heavy (non-hydrogen) atoms. The van der Waals surface area contributed by atoms with E-state index in [1.165, 1.54) is 0 Å². The zero-order valence-electron chi connectivity index (χ0n) is 6.76. The average molecular weight is 211 g/mol. The summed E-state index contributed by atoms with van der Waals surface area (Å²) in [5, 5.41) is 0. The molecule has 0 aliphatic heterocycles. The minimum absolute atomic E-state index is 0. The molecule has 0 N–H and O–H groups in total. The Morgan fingerprint density at radius 3 is 2.20 bits per heavy atom. The molecule has 1 aromatic rings. The molecule has 0 unspecified atom stereocenters. The van der Waals surface area contributed by atoms with Gasteiger partial charge in [-0.25, -0.2) is 0 Å². The fourth-order valence-corrected chi connectivity index (χ4v) is 0.407. The Balaban J connectivity index is 0. The monoisotopic (exact) mass is 211 g/mol. The largest absolute Gasteiger partial charge is 0.394 e. The van der Waals surface area contributed by atoms with E-state index in [4.69, 9.17) is 0 Å². The van der Waals surface area contributed by atoms with Crippen molar-refractivity contribution in [3.05, 3.63) is 30.1 Å². The fourth-order valence-electron chi connectivity index (χ4n) is 0.407. The van der Waals surface area contributed by atoms with Crippen molar-refractivity contribution in [2.24, 2.45) is 0 Å². The van der Waals surface area contributed by atoms with Gasteiger partial charge in [-0.2, -0.15) is 12.1 Å². The average Bonchev–Trinajstić information content (AvgIpc) is 1.94. The first-order valence-corrected chi connectivity index (χ1v) is 3.19. The molecule has 2 heteroatoms. The minimum atomic E-state index is 0. The van der Waals surface area contributed by atoms with E-state index in [2.05, 4.69) is 11.2 Å². The van der Waals surface area contributed by atoms with Crippen LogP contribution in [0.4, 0.5) is 0 Å². The van der Waals surface area contributed by atoms with Crippen LogP contribution in [-0.2, 0) is 32.7 Å². The van der Waals surface area contributed by atoms with E-state index >= 15 is 0 Å². The van der Waals surface area contributed by atoms with Crippen molar-refractivity contribution in [2.75, 3.05) is 0 Å². The second-order valence-corrected chi connectivity index (χ2v) is 1.43. The molecule has 0 aromatic carbocycles. The van der Waals surface area contributed by atoms with Gasteiger partial charge >= 0.3 is 0 Å². The van der Waals surface area contributed by atoms with Crippen LogP contribution in [0.15, 0.2) is 18.3 Å². The molecule has 1 aromatic heterocycles. The number of pyridine rings is 1. The van der Waals surface area contributed by atoms with Crippen LogP contribution in [0.1, 0.15) is 19.4 Å². The predicted octanol–water partition coefficient (Wildman–Crippen LogP) is 2.21. The standard InChI is InChI=1S/C6H6N.C2H6.Y/c1-6-3-2-4-7-5-6;1-2;/h2-4H,1H3;1-2H3;/q-1;;. The maximum Gasteiger partial charge on any atom is 0 e. The van der Waals surface area contributed by atoms with Gasteiger partial charge in [0.15, 0.2) is 0 Å². The van der Waals surface area contributed by atoms with Gasteiger partial charge in [-0.15, -0.1) is 5.56 Å². The first-order valence-electron chi connectivity index (χ1n) is 3.19. The van der Waals surface area contributed by atoms with E-state index in [1.807, 2.05) is 32.9 Å². The van der Waals surface area contributed by atoms with Gasteiger partial charge in [0, 0.05) is 32.7 Å². The summed E-state index contributed by atoms with van der Waals surface area (Å²) in [6.45, 7) is 5.97. The second kappa shape index (κ2) is 9.25. The van der Waals surface area contributed by atoms with Crippen LogP contribution in [0.3, 0.4) is 0 Å². The smallest absolute Gasteiger partial charge is 0 e. The molecular formula is C8H12NY-. The molecule has 0 saturated carbocycles. The van der Waals surface area contributed by atoms with Crippen LogP contribution in [0.2, 0.25) is 0 Å². The van der Waals surface area contributed by atoms with Gasteiger partial charge in [0.2, 0.25) is 0 Å². The van der Waals surface area contributed by atoms with Crippen LogP contribution < -0.4 is 0 Å². The number of aryl methyl sites for hydroxylation is 1. The normalized spacial score (nSPS) is 6.70. The zero-order valence-corrected chi connectivity index (χ0v) is 9.59. The molecule has 1 rings (SSSR count). The van der Waals surface area contributed by atoms with Crippen LogP contribution in [0, 0.1) is 13.1 Å². The van der Waals surface area contributed by atoms with Gasteiger partial charge in [0.05, 0.1) is 0 Å². The molecule has 1 heterocycles. The van der Waals surface area contributed by atoms with Gasteiger partial charge in [0.1, 0.15) is 0 Å². The topological polar surface area (TPSA) is 12.9 Å². The summed E-state index contributed by atoms with van der Waals surface area (Å²) in [6.07, 6.45) is 4.50. The Hall–Kier alpha value is 0.254. The Morgan fingerprint density at radius 1 is 1.40 bits per heavy atom. The summed E-state index contributed by atoms with van der Waals surface area (Å²) in [6, 6.07) is 3.86. The van der Waals surface area contributed by atoms with Gasteiger partial charge in [-0.1, -0.05) is 33.2 Å². The predicted molar refractivity (Wildman–Crippen MR) is 39.2 cm³/mol. The van der Waals surface area contributed by atoms with Crippen molar-refractivity contribution in [3.8, 4) is 0 Å². The van der Waals surface area contributed by atoms with Crippen LogP contribution in [-0.4, -0.2) is 4.98 Å². The maximum absolute atomic E-state index is 3.76. The Kier molecular flexibility index (Phi) is 11.9. The third-order valence-corrected chi connectivity index (χ3v) is 0.748. The van der Waals surface area contributed by atoms with Crippen molar-refractivity contribution in [1.82, 2.24) is 4.98 Å². The van der Waals surface area contributed by atoms with Crippen molar-refractivity contribution >= 4 is 0 Å². The van der Waals surface area contributed by atoms with Crippen LogP contribution >= 0.6 is 0 Å². The fraction of sp³-hybridized carbons (Fsp3) is 0.375. The van der Waals surface area contributed by atoms with E-state index in [-0.39, 0.29) is 32.7 Å². The van der Waals surface area contributed by atoms with Gasteiger partial charge in [-0.3, -0.25) is 0 Å². The Labute approximate surface area is 88.1 Å². The quantitative estimate of drug-likeness (QED) is 0.599. The molecule has 0 amide bonds. The summed E-state index contributed by atoms with van der Waals surface area (Å²) in [5.41, 5.74) is 1.09. The Bertz CT molecular complexity index is 139. The molecule has 0 spiro atoms. The molecule has 0 aliphatic rings. The molecule has 0 aliphatic carbocycles. The van der Waals surface area contributed by atoms with Crippen molar-refractivity contribution in [1.29, 1.82) is 0 Å². The first kappa shape index (κ1) is 12.9. The summed E-state index contributed by atoms with van der Waals surface area (Å²) in [5.74, 6) is 0. The van der Waals surface area contributed by atoms with Crippen molar-refractivity contribution in [3.63, 3.8) is 0 Å². The summed E-state index contributed by atoms with van der Waals surface area (Å²) >= 11 is 0. The van der Waals surface area contributed by atoms with Crippen molar-refractivity contribution < 1.29 is 32.7 Å². The number of nitrogens with zero attached hydrogens (tertiary/aromatic N) is 1. The van der Waals surface area contributed by atoms with E-state index in [9.17, 15) is 0 Å². The van der Waals surface area contributed by atoms with Crippen LogP contribution in [0.5, 0.6) is 0 Å². The maximum atomic E-state index is 3.76. The molecular weight excluding hydrogens is 199 g/mol. The van der Waals surface area contributed by atoms with Crippen molar-refractivity contribution in [2.45, 2.75) is 20.8 Å². The van der Waals surface area contributed by atoms with Gasteiger partial charge < -0.3 is 4.98 Å². The summed E-state index contributed by atoms with van der Waals surface area (Å²) < 4.78 is 0. The molecule has 0 bridgehead atoms. The number of rotatable bonds is 0. The molecule has 0 fully saturated rings. The molecule has 0 saturated heterocycles. The number of hydrogen-bond acceptors (Lipinski definition) is 1. The first-order chi connectivity index (χ1) is 4.39. The van der Waals surface area contributed by atoms with E-state index < -0.39 is 0 Å². The molecule has 0 atom stereocenters. The SMILES string of the molecule is CC.Cc1[c-]nccc1.[Y]. The van der Waals surface area contributed by atoms with Gasteiger partial charge in [0.25, 0.3) is 0 Å². The third-order valence-electron chi connectivity index (χ3n) is 0.748.